The minimum Gasteiger partial charge on any atom is -0.377 e. The monoisotopic (exact) mass is 206 g/mol. The highest BCUT2D eigenvalue weighted by molar-refractivity contribution is 4.46. The van der Waals surface area contributed by atoms with E-state index in [9.17, 15) is 0 Å². The molecule has 2 aliphatic rings. The number of hydrogen-bond acceptors (Lipinski definition) is 5. The molecule has 2 heterocycles. The summed E-state index contributed by atoms with van der Waals surface area (Å²) in [4.78, 5) is 0. The molecule has 5 heteroatoms. The van der Waals surface area contributed by atoms with Gasteiger partial charge in [0.05, 0.1) is 46.2 Å². The van der Waals surface area contributed by atoms with E-state index in [0.717, 1.165) is 26.4 Å². The van der Waals surface area contributed by atoms with Gasteiger partial charge in [0.15, 0.2) is 6.29 Å². The highest BCUT2D eigenvalue weighted by Crippen LogP contribution is 1.99. The third kappa shape index (κ3) is 5.51. The highest BCUT2D eigenvalue weighted by atomic mass is 16.7. The van der Waals surface area contributed by atoms with Gasteiger partial charge < -0.3 is 23.7 Å². The van der Waals surface area contributed by atoms with E-state index in [1.54, 1.807) is 7.11 Å². The molecule has 0 aromatic heterocycles. The molecule has 1 atom stereocenters. The van der Waals surface area contributed by atoms with E-state index in [-0.39, 0.29) is 6.29 Å². The zero-order valence-corrected chi connectivity index (χ0v) is 8.57. The van der Waals surface area contributed by atoms with Crippen LogP contribution in [0.2, 0.25) is 0 Å². The van der Waals surface area contributed by atoms with Gasteiger partial charge in [-0.3, -0.25) is 0 Å². The van der Waals surface area contributed by atoms with Crippen molar-refractivity contribution in [2.45, 2.75) is 6.29 Å². The van der Waals surface area contributed by atoms with Crippen molar-refractivity contribution in [1.82, 2.24) is 0 Å². The molecule has 0 aromatic carbocycles. The molecule has 84 valence electrons. The molecule has 0 bridgehead atoms. The molecular weight excluding hydrogens is 188 g/mol. The molecule has 0 amide bonds. The van der Waals surface area contributed by atoms with E-state index in [2.05, 4.69) is 0 Å². The van der Waals surface area contributed by atoms with Crippen LogP contribution in [0.3, 0.4) is 0 Å². The van der Waals surface area contributed by atoms with Crippen molar-refractivity contribution in [3.05, 3.63) is 0 Å². The van der Waals surface area contributed by atoms with Crippen LogP contribution in [0, 0.1) is 0 Å². The second kappa shape index (κ2) is 8.14. The summed E-state index contributed by atoms with van der Waals surface area (Å²) in [6.45, 7) is 5.02. The summed E-state index contributed by atoms with van der Waals surface area (Å²) < 4.78 is 24.8. The van der Waals surface area contributed by atoms with E-state index in [4.69, 9.17) is 23.7 Å². The average molecular weight is 206 g/mol. The molecule has 0 aliphatic carbocycles. The second-order valence-electron chi connectivity index (χ2n) is 2.84. The van der Waals surface area contributed by atoms with Gasteiger partial charge in [0.2, 0.25) is 0 Å². The zero-order valence-electron chi connectivity index (χ0n) is 8.57. The predicted molar refractivity (Wildman–Crippen MR) is 49.2 cm³/mol. The maximum Gasteiger partial charge on any atom is 0.180 e. The quantitative estimate of drug-likeness (QED) is 0.606. The lowest BCUT2D eigenvalue weighted by atomic mass is 10.6. The Balaban J connectivity index is 0.000000146. The van der Waals surface area contributed by atoms with Crippen LogP contribution in [0.15, 0.2) is 0 Å². The molecule has 2 rings (SSSR count). The normalized spacial score (nSPS) is 27.6. The van der Waals surface area contributed by atoms with Gasteiger partial charge in [-0.1, -0.05) is 0 Å². The fourth-order valence-electron chi connectivity index (χ4n) is 1.04. The highest BCUT2D eigenvalue weighted by Gasteiger charge is 2.11. The Labute approximate surface area is 84.2 Å². The minimum absolute atomic E-state index is 0.135. The first-order chi connectivity index (χ1) is 6.93. The Kier molecular flexibility index (Phi) is 6.90. The van der Waals surface area contributed by atoms with Gasteiger partial charge in [-0.15, -0.1) is 0 Å². The largest absolute Gasteiger partial charge is 0.377 e. The van der Waals surface area contributed by atoms with Crippen LogP contribution in [0.4, 0.5) is 0 Å². The smallest absolute Gasteiger partial charge is 0.180 e. The third-order valence-electron chi connectivity index (χ3n) is 1.79. The molecule has 0 radical (unpaired) electrons. The predicted octanol–water partition coefficient (Wildman–Crippen LogP) is 0.0389. The Bertz CT molecular complexity index is 109. The van der Waals surface area contributed by atoms with Crippen molar-refractivity contribution < 1.29 is 23.7 Å². The topological polar surface area (TPSA) is 46.2 Å². The molecule has 5 nitrogen and oxygen atoms in total. The Hall–Kier alpha value is -0.200. The summed E-state index contributed by atoms with van der Waals surface area (Å²) in [7, 11) is 1.61. The van der Waals surface area contributed by atoms with Gasteiger partial charge in [-0.2, -0.15) is 0 Å². The van der Waals surface area contributed by atoms with Gasteiger partial charge in [-0.25, -0.2) is 0 Å². The van der Waals surface area contributed by atoms with Crippen LogP contribution in [0.25, 0.3) is 0 Å². The first kappa shape index (κ1) is 11.9. The summed E-state index contributed by atoms with van der Waals surface area (Å²) in [5.41, 5.74) is 0. The molecule has 2 saturated heterocycles. The molecule has 0 saturated carbocycles. The fraction of sp³-hybridized carbons (Fsp3) is 1.00. The first-order valence-corrected chi connectivity index (χ1v) is 4.81. The average Bonchev–Trinajstić information content (AvgIpc) is 2.33. The summed E-state index contributed by atoms with van der Waals surface area (Å²) in [6.07, 6.45) is -0.135. The van der Waals surface area contributed by atoms with Crippen molar-refractivity contribution in [3.63, 3.8) is 0 Å². The van der Waals surface area contributed by atoms with Gasteiger partial charge in [0, 0.05) is 7.11 Å². The SMILES string of the molecule is C1COCCO1.COC1COCCO1. The fourth-order valence-corrected chi connectivity index (χ4v) is 1.04. The molecule has 0 spiro atoms. The molecule has 1 unspecified atom stereocenters. The van der Waals surface area contributed by atoms with E-state index < -0.39 is 0 Å². The zero-order chi connectivity index (χ0) is 10.1. The van der Waals surface area contributed by atoms with Gasteiger partial charge in [0.1, 0.15) is 0 Å². The third-order valence-corrected chi connectivity index (χ3v) is 1.79. The number of rotatable bonds is 1. The van der Waals surface area contributed by atoms with Crippen molar-refractivity contribution >= 4 is 0 Å². The first-order valence-electron chi connectivity index (χ1n) is 4.81. The van der Waals surface area contributed by atoms with Crippen molar-refractivity contribution in [1.29, 1.82) is 0 Å². The van der Waals surface area contributed by atoms with Crippen LogP contribution in [0.5, 0.6) is 0 Å². The molecular formula is C9H18O5. The summed E-state index contributed by atoms with van der Waals surface area (Å²) >= 11 is 0. The summed E-state index contributed by atoms with van der Waals surface area (Å²) in [5.74, 6) is 0. The van der Waals surface area contributed by atoms with E-state index in [1.165, 1.54) is 0 Å². The summed E-state index contributed by atoms with van der Waals surface area (Å²) in [5, 5.41) is 0. The molecule has 2 fully saturated rings. The van der Waals surface area contributed by atoms with Crippen LogP contribution >= 0.6 is 0 Å². The van der Waals surface area contributed by atoms with Crippen LogP contribution in [-0.2, 0) is 23.7 Å². The standard InChI is InChI=1S/C5H10O3.C4H8O2/c1-6-5-4-7-2-3-8-5;1-2-6-4-3-5-1/h5H,2-4H2,1H3;1-4H2. The maximum absolute atomic E-state index is 5.08. The number of ether oxygens (including phenoxy) is 5. The van der Waals surface area contributed by atoms with E-state index >= 15 is 0 Å². The van der Waals surface area contributed by atoms with Crippen molar-refractivity contribution in [3.8, 4) is 0 Å². The molecule has 14 heavy (non-hydrogen) atoms. The van der Waals surface area contributed by atoms with Gasteiger partial charge in [0.25, 0.3) is 0 Å². The van der Waals surface area contributed by atoms with E-state index in [0.29, 0.717) is 19.8 Å². The number of hydrogen-bond donors (Lipinski definition) is 0. The van der Waals surface area contributed by atoms with E-state index in [1.807, 2.05) is 0 Å². The summed E-state index contributed by atoms with van der Waals surface area (Å²) in [6, 6.07) is 0. The second-order valence-corrected chi connectivity index (χ2v) is 2.84. The minimum atomic E-state index is -0.135. The van der Waals surface area contributed by atoms with Crippen molar-refractivity contribution in [2.24, 2.45) is 0 Å². The lowest BCUT2D eigenvalue weighted by molar-refractivity contribution is -0.199. The Morgan fingerprint density at radius 3 is 1.71 bits per heavy atom. The lowest BCUT2D eigenvalue weighted by Crippen LogP contribution is -2.29. The Morgan fingerprint density at radius 1 is 0.857 bits per heavy atom. The van der Waals surface area contributed by atoms with Gasteiger partial charge >= 0.3 is 0 Å². The molecule has 2 aliphatic heterocycles. The van der Waals surface area contributed by atoms with Crippen LogP contribution in [-0.4, -0.2) is 59.6 Å². The lowest BCUT2D eigenvalue weighted by Gasteiger charge is -2.20. The van der Waals surface area contributed by atoms with Crippen molar-refractivity contribution in [2.75, 3.05) is 53.4 Å². The maximum atomic E-state index is 5.08. The van der Waals surface area contributed by atoms with Crippen LogP contribution < -0.4 is 0 Å². The number of methoxy groups -OCH3 is 1. The molecule has 0 N–H and O–H groups in total. The Morgan fingerprint density at radius 2 is 1.43 bits per heavy atom. The molecule has 0 aromatic rings. The van der Waals surface area contributed by atoms with Crippen LogP contribution in [0.1, 0.15) is 0 Å². The van der Waals surface area contributed by atoms with Gasteiger partial charge in [-0.05, 0) is 0 Å².